The van der Waals surface area contributed by atoms with Crippen molar-refractivity contribution in [3.8, 4) is 5.75 Å². The molecule has 1 aromatic carbocycles. The van der Waals surface area contributed by atoms with Crippen molar-refractivity contribution >= 4 is 29.1 Å². The van der Waals surface area contributed by atoms with E-state index in [0.717, 1.165) is 17.1 Å². The molecule has 0 saturated heterocycles. The Morgan fingerprint density at radius 1 is 1.16 bits per heavy atom. The zero-order valence-electron chi connectivity index (χ0n) is 14.8. The number of nitrogens with zero attached hydrogens (tertiary/aromatic N) is 2. The maximum atomic E-state index is 6.17. The quantitative estimate of drug-likeness (QED) is 0.706. The van der Waals surface area contributed by atoms with Crippen molar-refractivity contribution in [2.75, 3.05) is 17.7 Å². The second-order valence-electron chi connectivity index (χ2n) is 6.52. The summed E-state index contributed by atoms with van der Waals surface area (Å²) >= 11 is 6.17. The molecule has 6 heteroatoms. The molecule has 0 atom stereocenters. The van der Waals surface area contributed by atoms with Crippen LogP contribution in [0.15, 0.2) is 24.4 Å². The zero-order valence-corrected chi connectivity index (χ0v) is 15.6. The van der Waals surface area contributed by atoms with Crippen molar-refractivity contribution in [3.05, 3.63) is 35.0 Å². The lowest BCUT2D eigenvalue weighted by Crippen LogP contribution is -2.19. The van der Waals surface area contributed by atoms with Gasteiger partial charge in [0.05, 0.1) is 12.8 Å². The highest BCUT2D eigenvalue weighted by Crippen LogP contribution is 2.32. The largest absolute Gasteiger partial charge is 0.495 e. The van der Waals surface area contributed by atoms with Crippen molar-refractivity contribution in [1.82, 2.24) is 9.97 Å². The molecule has 1 heterocycles. The van der Waals surface area contributed by atoms with Crippen LogP contribution in [0.2, 0.25) is 5.02 Å². The van der Waals surface area contributed by atoms with E-state index in [1.165, 1.54) is 38.5 Å². The second-order valence-corrected chi connectivity index (χ2v) is 6.93. The minimum atomic E-state index is 0.498. The van der Waals surface area contributed by atoms with Crippen LogP contribution >= 0.6 is 11.6 Å². The van der Waals surface area contributed by atoms with Crippen LogP contribution in [0, 0.1) is 6.92 Å². The molecule has 1 fully saturated rings. The van der Waals surface area contributed by atoms with Crippen molar-refractivity contribution < 1.29 is 4.74 Å². The Kier molecular flexibility index (Phi) is 5.97. The van der Waals surface area contributed by atoms with E-state index < -0.39 is 0 Å². The van der Waals surface area contributed by atoms with Crippen LogP contribution in [0.4, 0.5) is 17.5 Å². The number of hydrogen-bond acceptors (Lipinski definition) is 5. The fourth-order valence-corrected chi connectivity index (χ4v) is 3.34. The highest BCUT2D eigenvalue weighted by Gasteiger charge is 2.13. The first kappa shape index (κ1) is 17.8. The molecule has 0 aliphatic heterocycles. The van der Waals surface area contributed by atoms with Gasteiger partial charge in [0.25, 0.3) is 0 Å². The maximum absolute atomic E-state index is 6.17. The molecular formula is C19H25ClN4O. The first-order valence-electron chi connectivity index (χ1n) is 8.86. The summed E-state index contributed by atoms with van der Waals surface area (Å²) in [6.45, 7) is 1.96. The minimum Gasteiger partial charge on any atom is -0.495 e. The SMILES string of the molecule is COc1cc(Cl)c(C)cc1Nc1nccc(NC2CCCCCC2)n1. The average molecular weight is 361 g/mol. The van der Waals surface area contributed by atoms with Crippen LogP contribution in [-0.4, -0.2) is 23.1 Å². The molecular weight excluding hydrogens is 336 g/mol. The van der Waals surface area contributed by atoms with Gasteiger partial charge in [0.2, 0.25) is 5.95 Å². The van der Waals surface area contributed by atoms with Gasteiger partial charge in [-0.2, -0.15) is 4.98 Å². The zero-order chi connectivity index (χ0) is 17.6. The van der Waals surface area contributed by atoms with Gasteiger partial charge in [0.15, 0.2) is 0 Å². The third-order valence-corrected chi connectivity index (χ3v) is 5.00. The van der Waals surface area contributed by atoms with Crippen LogP contribution in [0.5, 0.6) is 5.75 Å². The molecule has 2 N–H and O–H groups in total. The Hall–Kier alpha value is -2.01. The smallest absolute Gasteiger partial charge is 0.229 e. The second kappa shape index (κ2) is 8.39. The van der Waals surface area contributed by atoms with E-state index in [1.807, 2.05) is 19.1 Å². The lowest BCUT2D eigenvalue weighted by atomic mass is 10.1. The minimum absolute atomic E-state index is 0.498. The number of benzene rings is 1. The van der Waals surface area contributed by atoms with Gasteiger partial charge in [-0.1, -0.05) is 37.3 Å². The number of aromatic nitrogens is 2. The fraction of sp³-hybridized carbons (Fsp3) is 0.474. The molecule has 1 aliphatic carbocycles. The highest BCUT2D eigenvalue weighted by atomic mass is 35.5. The molecule has 0 radical (unpaired) electrons. The standard InChI is InChI=1S/C19H25ClN4O/c1-13-11-16(17(25-2)12-15(13)20)23-19-21-10-9-18(24-19)22-14-7-5-3-4-6-8-14/h9-12,14H,3-8H2,1-2H3,(H2,21,22,23,24). The van der Waals surface area contributed by atoms with E-state index in [9.17, 15) is 0 Å². The van der Waals surface area contributed by atoms with Gasteiger partial charge in [0.1, 0.15) is 11.6 Å². The molecule has 1 aromatic heterocycles. The van der Waals surface area contributed by atoms with Crippen molar-refractivity contribution in [2.24, 2.45) is 0 Å². The number of rotatable bonds is 5. The van der Waals surface area contributed by atoms with Gasteiger partial charge in [0, 0.05) is 23.3 Å². The number of aryl methyl sites for hydroxylation is 1. The third kappa shape index (κ3) is 4.75. The van der Waals surface area contributed by atoms with E-state index in [2.05, 4.69) is 20.6 Å². The Bertz CT molecular complexity index is 715. The highest BCUT2D eigenvalue weighted by molar-refractivity contribution is 6.31. The van der Waals surface area contributed by atoms with Crippen molar-refractivity contribution in [2.45, 2.75) is 51.5 Å². The predicted molar refractivity (Wildman–Crippen MR) is 103 cm³/mol. The summed E-state index contributed by atoms with van der Waals surface area (Å²) in [5, 5.41) is 7.46. The van der Waals surface area contributed by atoms with Crippen LogP contribution in [0.25, 0.3) is 0 Å². The third-order valence-electron chi connectivity index (χ3n) is 4.59. The van der Waals surface area contributed by atoms with E-state index in [4.69, 9.17) is 16.3 Å². The molecule has 25 heavy (non-hydrogen) atoms. The molecule has 1 aliphatic rings. The molecule has 0 bridgehead atoms. The topological polar surface area (TPSA) is 59.1 Å². The van der Waals surface area contributed by atoms with Crippen LogP contribution in [-0.2, 0) is 0 Å². The maximum Gasteiger partial charge on any atom is 0.229 e. The lowest BCUT2D eigenvalue weighted by Gasteiger charge is -2.17. The van der Waals surface area contributed by atoms with Gasteiger partial charge >= 0.3 is 0 Å². The number of nitrogens with one attached hydrogen (secondary N) is 2. The van der Waals surface area contributed by atoms with E-state index in [-0.39, 0.29) is 0 Å². The summed E-state index contributed by atoms with van der Waals surface area (Å²) in [5.41, 5.74) is 1.77. The van der Waals surface area contributed by atoms with Gasteiger partial charge in [-0.3, -0.25) is 0 Å². The number of hydrogen-bond donors (Lipinski definition) is 2. The van der Waals surface area contributed by atoms with Crippen LogP contribution in [0.3, 0.4) is 0 Å². The summed E-state index contributed by atoms with van der Waals surface area (Å²) in [6.07, 6.45) is 9.43. The van der Waals surface area contributed by atoms with Crippen LogP contribution in [0.1, 0.15) is 44.1 Å². The average Bonchev–Trinajstić information content (AvgIpc) is 2.87. The van der Waals surface area contributed by atoms with Gasteiger partial charge < -0.3 is 15.4 Å². The summed E-state index contributed by atoms with van der Waals surface area (Å²) in [5.74, 6) is 2.06. The molecule has 0 amide bonds. The molecule has 5 nitrogen and oxygen atoms in total. The molecule has 0 unspecified atom stereocenters. The Balaban J connectivity index is 1.74. The summed E-state index contributed by atoms with van der Waals surface area (Å²) in [6, 6.07) is 6.15. The molecule has 3 rings (SSSR count). The Morgan fingerprint density at radius 3 is 2.64 bits per heavy atom. The normalized spacial score (nSPS) is 15.5. The summed E-state index contributed by atoms with van der Waals surface area (Å²) in [4.78, 5) is 8.92. The molecule has 134 valence electrons. The fourth-order valence-electron chi connectivity index (χ4n) is 3.18. The van der Waals surface area contributed by atoms with E-state index in [0.29, 0.717) is 22.8 Å². The van der Waals surface area contributed by atoms with Gasteiger partial charge in [-0.15, -0.1) is 0 Å². The van der Waals surface area contributed by atoms with Crippen molar-refractivity contribution in [1.29, 1.82) is 0 Å². The number of methoxy groups -OCH3 is 1. The first-order valence-corrected chi connectivity index (χ1v) is 9.24. The summed E-state index contributed by atoms with van der Waals surface area (Å²) in [7, 11) is 1.62. The number of anilines is 3. The number of ether oxygens (including phenoxy) is 1. The van der Waals surface area contributed by atoms with Crippen LogP contribution < -0.4 is 15.4 Å². The Morgan fingerprint density at radius 2 is 1.92 bits per heavy atom. The van der Waals surface area contributed by atoms with Gasteiger partial charge in [-0.25, -0.2) is 4.98 Å². The molecule has 2 aromatic rings. The molecule has 0 spiro atoms. The molecule has 1 saturated carbocycles. The number of halogens is 1. The van der Waals surface area contributed by atoms with E-state index >= 15 is 0 Å². The first-order chi connectivity index (χ1) is 12.2. The summed E-state index contributed by atoms with van der Waals surface area (Å²) < 4.78 is 5.40. The lowest BCUT2D eigenvalue weighted by molar-refractivity contribution is 0.416. The van der Waals surface area contributed by atoms with Crippen molar-refractivity contribution in [3.63, 3.8) is 0 Å². The van der Waals surface area contributed by atoms with E-state index in [1.54, 1.807) is 19.4 Å². The monoisotopic (exact) mass is 360 g/mol. The van der Waals surface area contributed by atoms with Gasteiger partial charge in [-0.05, 0) is 37.5 Å². The predicted octanol–water partition coefficient (Wildman–Crippen LogP) is 5.33. The Labute approximate surface area is 154 Å².